The van der Waals surface area contributed by atoms with Crippen molar-refractivity contribution in [2.24, 2.45) is 5.73 Å². The Kier molecular flexibility index (Phi) is 7.81. The summed E-state index contributed by atoms with van der Waals surface area (Å²) in [5.41, 5.74) is 10.4. The number of thioether (sulfide) groups is 1. The summed E-state index contributed by atoms with van der Waals surface area (Å²) in [7, 11) is 0. The largest absolute Gasteiger partial charge is 0.480 e. The van der Waals surface area contributed by atoms with Crippen LogP contribution in [0.4, 0.5) is 0 Å². The van der Waals surface area contributed by atoms with Crippen LogP contribution in [-0.4, -0.2) is 40.0 Å². The van der Waals surface area contributed by atoms with Crippen LogP contribution in [0.15, 0.2) is 66.9 Å². The van der Waals surface area contributed by atoms with Crippen LogP contribution in [0.1, 0.15) is 22.3 Å². The van der Waals surface area contributed by atoms with E-state index in [2.05, 4.69) is 10.3 Å². The molecule has 1 heterocycles. The molecule has 0 aliphatic rings. The molecule has 0 spiro atoms. The highest BCUT2D eigenvalue weighted by Gasteiger charge is 2.22. The molecule has 1 atom stereocenters. The molecule has 1 amide bonds. The molecule has 0 saturated heterocycles. The Hall–Kier alpha value is -3.16. The quantitative estimate of drug-likeness (QED) is 0.472. The van der Waals surface area contributed by atoms with E-state index < -0.39 is 17.9 Å². The van der Waals surface area contributed by atoms with E-state index in [0.717, 1.165) is 22.4 Å². The molecule has 6 nitrogen and oxygen atoms in total. The average Bonchev–Trinajstić information content (AvgIpc) is 2.81. The average molecular weight is 436 g/mol. The minimum atomic E-state index is -1.04. The van der Waals surface area contributed by atoms with Gasteiger partial charge in [0, 0.05) is 23.9 Å². The van der Waals surface area contributed by atoms with E-state index in [0.29, 0.717) is 29.8 Å². The van der Waals surface area contributed by atoms with E-state index in [1.807, 2.05) is 60.9 Å². The number of aliphatic carboxylic acids is 1. The van der Waals surface area contributed by atoms with Crippen LogP contribution in [0.3, 0.4) is 0 Å². The van der Waals surface area contributed by atoms with Gasteiger partial charge in [0.15, 0.2) is 0 Å². The normalized spacial score (nSPS) is 11.7. The van der Waals surface area contributed by atoms with Crippen LogP contribution in [-0.2, 0) is 11.3 Å². The van der Waals surface area contributed by atoms with Gasteiger partial charge in [-0.3, -0.25) is 9.78 Å². The van der Waals surface area contributed by atoms with Crippen molar-refractivity contribution >= 4 is 23.6 Å². The molecule has 0 aliphatic carbocycles. The number of carbonyl (C=O) groups is 2. The van der Waals surface area contributed by atoms with Gasteiger partial charge in [-0.25, -0.2) is 4.79 Å². The first-order valence-corrected chi connectivity index (χ1v) is 11.3. The minimum absolute atomic E-state index is 0.349. The molecule has 1 aromatic heterocycles. The van der Waals surface area contributed by atoms with Gasteiger partial charge in [-0.05, 0) is 53.3 Å². The Labute approximate surface area is 185 Å². The highest BCUT2D eigenvalue weighted by Crippen LogP contribution is 2.30. The Bertz CT molecular complexity index is 1060. The molecule has 0 radical (unpaired) electrons. The molecule has 0 aliphatic heterocycles. The van der Waals surface area contributed by atoms with E-state index in [4.69, 9.17) is 5.73 Å². The number of carbonyl (C=O) groups excluding carboxylic acids is 1. The van der Waals surface area contributed by atoms with Crippen molar-refractivity contribution in [3.8, 4) is 22.4 Å². The number of benzene rings is 2. The highest BCUT2D eigenvalue weighted by atomic mass is 32.2. The second-order valence-electron chi connectivity index (χ2n) is 6.99. The monoisotopic (exact) mass is 435 g/mol. The Morgan fingerprint density at radius 3 is 2.55 bits per heavy atom. The maximum absolute atomic E-state index is 13.1. The minimum Gasteiger partial charge on any atom is -0.480 e. The van der Waals surface area contributed by atoms with Gasteiger partial charge in [0.05, 0.1) is 5.69 Å². The molecular formula is C24H25N3O3S. The first-order valence-electron chi connectivity index (χ1n) is 9.91. The lowest BCUT2D eigenvalue weighted by Gasteiger charge is -2.17. The van der Waals surface area contributed by atoms with E-state index in [-0.39, 0.29) is 0 Å². The fourth-order valence-electron chi connectivity index (χ4n) is 3.34. The summed E-state index contributed by atoms with van der Waals surface area (Å²) in [6, 6.07) is 17.8. The van der Waals surface area contributed by atoms with Gasteiger partial charge in [-0.1, -0.05) is 42.5 Å². The number of rotatable bonds is 9. The van der Waals surface area contributed by atoms with E-state index in [1.165, 1.54) is 0 Å². The standard InChI is InChI=1S/C24H25N3O3S/c1-31-13-11-21(24(29)30)27-23(28)19-10-9-17(22-18(15-25)8-5-12-26-22)14-20(19)16-6-3-2-4-7-16/h2-10,12,14,21H,11,13,15,25H2,1H3,(H,27,28)(H,29,30)/t21-/m0/s1. The number of hydrogen-bond acceptors (Lipinski definition) is 5. The third-order valence-electron chi connectivity index (χ3n) is 4.95. The summed E-state index contributed by atoms with van der Waals surface area (Å²) in [5, 5.41) is 12.2. The zero-order valence-electron chi connectivity index (χ0n) is 17.2. The molecule has 2 aromatic carbocycles. The SMILES string of the molecule is CSCC[C@H](NC(=O)c1ccc(-c2ncccc2CN)cc1-c1ccccc1)C(=O)O. The number of carboxylic acids is 1. The zero-order chi connectivity index (χ0) is 22.2. The third kappa shape index (κ3) is 5.51. The zero-order valence-corrected chi connectivity index (χ0v) is 18.1. The fourth-order valence-corrected chi connectivity index (χ4v) is 3.81. The number of pyridine rings is 1. The number of amides is 1. The van der Waals surface area contributed by atoms with Gasteiger partial charge in [0.2, 0.25) is 0 Å². The molecule has 3 aromatic rings. The van der Waals surface area contributed by atoms with Crippen LogP contribution in [0, 0.1) is 0 Å². The summed E-state index contributed by atoms with van der Waals surface area (Å²) in [6.07, 6.45) is 3.97. The number of aromatic nitrogens is 1. The summed E-state index contributed by atoms with van der Waals surface area (Å²) >= 11 is 1.54. The fraction of sp³-hybridized carbons (Fsp3) is 0.208. The number of hydrogen-bond donors (Lipinski definition) is 3. The van der Waals surface area contributed by atoms with Crippen molar-refractivity contribution in [2.75, 3.05) is 12.0 Å². The van der Waals surface area contributed by atoms with Gasteiger partial charge in [0.1, 0.15) is 6.04 Å². The first-order chi connectivity index (χ1) is 15.0. The second kappa shape index (κ2) is 10.7. The van der Waals surface area contributed by atoms with Crippen LogP contribution >= 0.6 is 11.8 Å². The Morgan fingerprint density at radius 2 is 1.87 bits per heavy atom. The van der Waals surface area contributed by atoms with Crippen molar-refractivity contribution in [3.63, 3.8) is 0 Å². The molecule has 0 unspecified atom stereocenters. The molecule has 4 N–H and O–H groups in total. The smallest absolute Gasteiger partial charge is 0.326 e. The van der Waals surface area contributed by atoms with Crippen molar-refractivity contribution in [2.45, 2.75) is 19.0 Å². The first kappa shape index (κ1) is 22.5. The van der Waals surface area contributed by atoms with Crippen molar-refractivity contribution in [3.05, 3.63) is 78.0 Å². The number of nitrogens with one attached hydrogen (secondary N) is 1. The van der Waals surface area contributed by atoms with Gasteiger partial charge >= 0.3 is 5.97 Å². The third-order valence-corrected chi connectivity index (χ3v) is 5.59. The Balaban J connectivity index is 2.04. The topological polar surface area (TPSA) is 105 Å². The molecule has 3 rings (SSSR count). The predicted octanol–water partition coefficient (Wildman–Crippen LogP) is 3.81. The van der Waals surface area contributed by atoms with E-state index >= 15 is 0 Å². The van der Waals surface area contributed by atoms with Gasteiger partial charge in [-0.15, -0.1) is 0 Å². The summed E-state index contributed by atoms with van der Waals surface area (Å²) in [6.45, 7) is 0.349. The van der Waals surface area contributed by atoms with Crippen LogP contribution < -0.4 is 11.1 Å². The molecule has 0 fully saturated rings. The van der Waals surface area contributed by atoms with Crippen LogP contribution in [0.5, 0.6) is 0 Å². The maximum Gasteiger partial charge on any atom is 0.326 e. The number of nitrogens with zero attached hydrogens (tertiary/aromatic N) is 1. The molecular weight excluding hydrogens is 410 g/mol. The predicted molar refractivity (Wildman–Crippen MR) is 125 cm³/mol. The second-order valence-corrected chi connectivity index (χ2v) is 7.97. The molecule has 160 valence electrons. The molecule has 31 heavy (non-hydrogen) atoms. The summed E-state index contributed by atoms with van der Waals surface area (Å²) in [4.78, 5) is 29.1. The maximum atomic E-state index is 13.1. The number of nitrogens with two attached hydrogens (primary N) is 1. The van der Waals surface area contributed by atoms with Crippen molar-refractivity contribution in [1.82, 2.24) is 10.3 Å². The van der Waals surface area contributed by atoms with Gasteiger partial charge in [0.25, 0.3) is 5.91 Å². The van der Waals surface area contributed by atoms with Gasteiger partial charge < -0.3 is 16.2 Å². The summed E-state index contributed by atoms with van der Waals surface area (Å²) < 4.78 is 0. The van der Waals surface area contributed by atoms with Crippen molar-refractivity contribution < 1.29 is 14.7 Å². The molecule has 0 bridgehead atoms. The lowest BCUT2D eigenvalue weighted by Crippen LogP contribution is -2.41. The van der Waals surface area contributed by atoms with E-state index in [1.54, 1.807) is 24.0 Å². The lowest BCUT2D eigenvalue weighted by atomic mass is 9.94. The van der Waals surface area contributed by atoms with Crippen LogP contribution in [0.25, 0.3) is 22.4 Å². The van der Waals surface area contributed by atoms with Crippen molar-refractivity contribution in [1.29, 1.82) is 0 Å². The Morgan fingerprint density at radius 1 is 1.10 bits per heavy atom. The summed E-state index contributed by atoms with van der Waals surface area (Å²) in [5.74, 6) is -0.816. The van der Waals surface area contributed by atoms with Gasteiger partial charge in [-0.2, -0.15) is 11.8 Å². The molecule has 7 heteroatoms. The highest BCUT2D eigenvalue weighted by molar-refractivity contribution is 7.98. The van der Waals surface area contributed by atoms with E-state index in [9.17, 15) is 14.7 Å². The number of carboxylic acid groups (broad SMARTS) is 1. The van der Waals surface area contributed by atoms with Crippen LogP contribution in [0.2, 0.25) is 0 Å². The molecule has 0 saturated carbocycles. The lowest BCUT2D eigenvalue weighted by molar-refractivity contribution is -0.139.